The molecule has 0 unspecified atom stereocenters. The number of benzene rings is 1. The SMILES string of the molecule is CC(C)COc1ccc(N=O)cc1. The highest BCUT2D eigenvalue weighted by Crippen LogP contribution is 2.17. The average molecular weight is 179 g/mol. The average Bonchev–Trinajstić information content (AvgIpc) is 2.15. The molecule has 0 bridgehead atoms. The van der Waals surface area contributed by atoms with E-state index in [0.717, 1.165) is 5.75 Å². The molecule has 1 aromatic carbocycles. The zero-order chi connectivity index (χ0) is 9.68. The van der Waals surface area contributed by atoms with Gasteiger partial charge in [-0.05, 0) is 35.4 Å². The summed E-state index contributed by atoms with van der Waals surface area (Å²) in [7, 11) is 0. The van der Waals surface area contributed by atoms with E-state index in [9.17, 15) is 4.91 Å². The van der Waals surface area contributed by atoms with Gasteiger partial charge in [-0.2, -0.15) is 0 Å². The molecule has 0 amide bonds. The molecule has 0 aromatic heterocycles. The Bertz CT molecular complexity index is 267. The topological polar surface area (TPSA) is 38.7 Å². The predicted octanol–water partition coefficient (Wildman–Crippen LogP) is 3.12. The van der Waals surface area contributed by atoms with Crippen molar-refractivity contribution in [3.8, 4) is 5.75 Å². The lowest BCUT2D eigenvalue weighted by molar-refractivity contribution is 0.271. The summed E-state index contributed by atoms with van der Waals surface area (Å²) < 4.78 is 5.42. The number of ether oxygens (including phenoxy) is 1. The van der Waals surface area contributed by atoms with Crippen molar-refractivity contribution in [3.05, 3.63) is 29.2 Å². The lowest BCUT2D eigenvalue weighted by Gasteiger charge is -2.07. The van der Waals surface area contributed by atoms with E-state index in [2.05, 4.69) is 19.0 Å². The predicted molar refractivity (Wildman–Crippen MR) is 52.2 cm³/mol. The highest BCUT2D eigenvalue weighted by molar-refractivity contribution is 5.40. The molecule has 0 N–H and O–H groups in total. The lowest BCUT2D eigenvalue weighted by atomic mass is 10.2. The molecule has 0 spiro atoms. The smallest absolute Gasteiger partial charge is 0.119 e. The van der Waals surface area contributed by atoms with E-state index in [1.165, 1.54) is 0 Å². The van der Waals surface area contributed by atoms with Crippen LogP contribution in [-0.4, -0.2) is 6.61 Å². The molecule has 0 aliphatic heterocycles. The van der Waals surface area contributed by atoms with Gasteiger partial charge < -0.3 is 4.74 Å². The number of hydrogen-bond donors (Lipinski definition) is 0. The van der Waals surface area contributed by atoms with Crippen molar-refractivity contribution in [1.82, 2.24) is 0 Å². The van der Waals surface area contributed by atoms with Gasteiger partial charge in [-0.1, -0.05) is 13.8 Å². The highest BCUT2D eigenvalue weighted by Gasteiger charge is 1.97. The van der Waals surface area contributed by atoms with E-state index in [4.69, 9.17) is 4.74 Å². The quantitative estimate of drug-likeness (QED) is 0.666. The van der Waals surface area contributed by atoms with Gasteiger partial charge in [0.25, 0.3) is 0 Å². The Balaban J connectivity index is 2.54. The van der Waals surface area contributed by atoms with Crippen molar-refractivity contribution in [2.45, 2.75) is 13.8 Å². The van der Waals surface area contributed by atoms with Gasteiger partial charge in [-0.25, -0.2) is 0 Å². The fourth-order valence-corrected chi connectivity index (χ4v) is 0.866. The second-order valence-electron chi connectivity index (χ2n) is 3.29. The molecule has 0 fully saturated rings. The van der Waals surface area contributed by atoms with E-state index in [1.54, 1.807) is 24.3 Å². The first-order valence-corrected chi connectivity index (χ1v) is 4.28. The summed E-state index contributed by atoms with van der Waals surface area (Å²) in [4.78, 5) is 10.1. The van der Waals surface area contributed by atoms with Crippen molar-refractivity contribution in [3.63, 3.8) is 0 Å². The molecule has 70 valence electrons. The third-order valence-electron chi connectivity index (χ3n) is 1.53. The molecule has 1 rings (SSSR count). The molecule has 0 aliphatic rings. The van der Waals surface area contributed by atoms with E-state index in [1.807, 2.05) is 0 Å². The minimum absolute atomic E-state index is 0.428. The Labute approximate surface area is 77.7 Å². The summed E-state index contributed by atoms with van der Waals surface area (Å²) in [5.74, 6) is 1.28. The zero-order valence-electron chi connectivity index (χ0n) is 7.86. The second-order valence-corrected chi connectivity index (χ2v) is 3.29. The van der Waals surface area contributed by atoms with Crippen LogP contribution in [0.5, 0.6) is 5.75 Å². The van der Waals surface area contributed by atoms with Crippen LogP contribution >= 0.6 is 0 Å². The van der Waals surface area contributed by atoms with Crippen LogP contribution in [0.3, 0.4) is 0 Å². The normalized spacial score (nSPS) is 10.1. The number of nitrogens with zero attached hydrogens (tertiary/aromatic N) is 1. The lowest BCUT2D eigenvalue weighted by Crippen LogP contribution is -2.03. The highest BCUT2D eigenvalue weighted by atomic mass is 16.5. The second kappa shape index (κ2) is 4.60. The Kier molecular flexibility index (Phi) is 3.43. The molecule has 3 heteroatoms. The van der Waals surface area contributed by atoms with Gasteiger partial charge in [-0.3, -0.25) is 0 Å². The van der Waals surface area contributed by atoms with Crippen molar-refractivity contribution < 1.29 is 4.74 Å². The Hall–Kier alpha value is -1.38. The first kappa shape index (κ1) is 9.71. The molecule has 1 aromatic rings. The van der Waals surface area contributed by atoms with Gasteiger partial charge in [0.2, 0.25) is 0 Å². The van der Waals surface area contributed by atoms with E-state index in [-0.39, 0.29) is 0 Å². The van der Waals surface area contributed by atoms with Crippen LogP contribution < -0.4 is 4.74 Å². The van der Waals surface area contributed by atoms with E-state index in [0.29, 0.717) is 18.2 Å². The summed E-state index contributed by atoms with van der Waals surface area (Å²) in [5, 5.41) is 2.80. The maximum absolute atomic E-state index is 10.1. The molecule has 0 aliphatic carbocycles. The van der Waals surface area contributed by atoms with Crippen molar-refractivity contribution in [2.75, 3.05) is 6.61 Å². The standard InChI is InChI=1S/C10H13NO2/c1-8(2)7-13-10-5-3-9(11-12)4-6-10/h3-6,8H,7H2,1-2H3. The summed E-state index contributed by atoms with van der Waals surface area (Å²) in [6.45, 7) is 4.86. The van der Waals surface area contributed by atoms with Gasteiger partial charge in [0.05, 0.1) is 6.61 Å². The molecule has 0 heterocycles. The van der Waals surface area contributed by atoms with E-state index < -0.39 is 0 Å². The van der Waals surface area contributed by atoms with Crippen molar-refractivity contribution in [2.24, 2.45) is 11.1 Å². The Morgan fingerprint density at radius 2 is 1.92 bits per heavy atom. The maximum Gasteiger partial charge on any atom is 0.119 e. The van der Waals surface area contributed by atoms with Crippen LogP contribution in [0.4, 0.5) is 5.69 Å². The largest absolute Gasteiger partial charge is 0.493 e. The molecule has 0 radical (unpaired) electrons. The molecule has 13 heavy (non-hydrogen) atoms. The maximum atomic E-state index is 10.1. The van der Waals surface area contributed by atoms with Crippen molar-refractivity contribution in [1.29, 1.82) is 0 Å². The summed E-state index contributed by atoms with van der Waals surface area (Å²) in [6, 6.07) is 6.78. The van der Waals surface area contributed by atoms with Gasteiger partial charge >= 0.3 is 0 Å². The molecule has 0 atom stereocenters. The number of rotatable bonds is 4. The summed E-state index contributed by atoms with van der Waals surface area (Å²) in [6.07, 6.45) is 0. The summed E-state index contributed by atoms with van der Waals surface area (Å²) in [5.41, 5.74) is 0.428. The van der Waals surface area contributed by atoms with Crippen LogP contribution in [0.25, 0.3) is 0 Å². The zero-order valence-corrected chi connectivity index (χ0v) is 7.86. The molecule has 3 nitrogen and oxygen atoms in total. The fourth-order valence-electron chi connectivity index (χ4n) is 0.866. The summed E-state index contributed by atoms with van der Waals surface area (Å²) >= 11 is 0. The molecule has 0 saturated heterocycles. The first-order chi connectivity index (χ1) is 6.22. The minimum Gasteiger partial charge on any atom is -0.493 e. The van der Waals surface area contributed by atoms with Gasteiger partial charge in [-0.15, -0.1) is 4.91 Å². The third kappa shape index (κ3) is 3.23. The minimum atomic E-state index is 0.428. The number of hydrogen-bond acceptors (Lipinski definition) is 3. The third-order valence-corrected chi connectivity index (χ3v) is 1.53. The van der Waals surface area contributed by atoms with Crippen LogP contribution in [0, 0.1) is 10.8 Å². The van der Waals surface area contributed by atoms with Gasteiger partial charge in [0.1, 0.15) is 11.4 Å². The van der Waals surface area contributed by atoms with Gasteiger partial charge in [0, 0.05) is 0 Å². The fraction of sp³-hybridized carbons (Fsp3) is 0.400. The Morgan fingerprint density at radius 1 is 1.31 bits per heavy atom. The molecular formula is C10H13NO2. The van der Waals surface area contributed by atoms with Crippen LogP contribution in [0.15, 0.2) is 29.4 Å². The molecular weight excluding hydrogens is 166 g/mol. The van der Waals surface area contributed by atoms with Gasteiger partial charge in [0.15, 0.2) is 0 Å². The Morgan fingerprint density at radius 3 is 2.38 bits per heavy atom. The van der Waals surface area contributed by atoms with E-state index >= 15 is 0 Å². The van der Waals surface area contributed by atoms with Crippen LogP contribution in [0.2, 0.25) is 0 Å². The monoisotopic (exact) mass is 179 g/mol. The van der Waals surface area contributed by atoms with Crippen LogP contribution in [-0.2, 0) is 0 Å². The van der Waals surface area contributed by atoms with Crippen molar-refractivity contribution >= 4 is 5.69 Å². The number of nitroso groups, excluding NO2 is 1. The molecule has 0 saturated carbocycles. The van der Waals surface area contributed by atoms with Crippen LogP contribution in [0.1, 0.15) is 13.8 Å². The first-order valence-electron chi connectivity index (χ1n) is 4.28.